The second kappa shape index (κ2) is 14.9. The number of hydrogen-bond acceptors (Lipinski definition) is 7. The van der Waals surface area contributed by atoms with E-state index in [0.29, 0.717) is 31.2 Å². The van der Waals surface area contributed by atoms with Crippen molar-refractivity contribution < 1.29 is 33.8 Å². The highest BCUT2D eigenvalue weighted by Gasteiger charge is 2.75. The molecule has 0 aliphatic carbocycles. The summed E-state index contributed by atoms with van der Waals surface area (Å²) in [4.78, 5) is 59.4. The number of fused-ring (bicyclic) bond motifs is 1. The van der Waals surface area contributed by atoms with Gasteiger partial charge in [-0.25, -0.2) is 0 Å². The molecular weight excluding hydrogens is 610 g/mol. The Morgan fingerprint density at radius 1 is 1.17 bits per heavy atom. The molecule has 1 aromatic carbocycles. The molecule has 2 N–H and O–H groups in total. The molecule has 0 radical (unpaired) electrons. The fourth-order valence-electron chi connectivity index (χ4n) is 8.43. The molecule has 3 aliphatic heterocycles. The van der Waals surface area contributed by atoms with Crippen LogP contribution in [0.4, 0.5) is 0 Å². The summed E-state index contributed by atoms with van der Waals surface area (Å²) in [5.74, 6) is -3.20. The monoisotopic (exact) mass is 665 g/mol. The number of likely N-dealkylation sites (tertiary alicyclic amines) is 1. The number of rotatable bonds is 16. The fraction of sp³-hybridized carbons (Fsp3) is 0.632. The molecule has 0 aromatic heterocycles. The Hall–Kier alpha value is -3.50. The van der Waals surface area contributed by atoms with E-state index in [4.69, 9.17) is 9.47 Å². The third-order valence-electron chi connectivity index (χ3n) is 9.92. The maximum atomic E-state index is 14.8. The lowest BCUT2D eigenvalue weighted by Crippen LogP contribution is -2.61. The average Bonchev–Trinajstić information content (AvgIpc) is 3.66. The van der Waals surface area contributed by atoms with E-state index >= 15 is 0 Å². The smallest absolute Gasteiger partial charge is 0.313 e. The number of carbonyl (C=O) groups excluding carboxylic acids is 4. The number of nitrogens with zero attached hydrogens (tertiary/aromatic N) is 2. The Balaban J connectivity index is 1.68. The Morgan fingerprint density at radius 2 is 1.85 bits per heavy atom. The van der Waals surface area contributed by atoms with Crippen LogP contribution in [0.1, 0.15) is 91.7 Å². The van der Waals surface area contributed by atoms with Crippen LogP contribution in [0.3, 0.4) is 0 Å². The normalized spacial score (nSPS) is 26.1. The van der Waals surface area contributed by atoms with Crippen molar-refractivity contribution in [3.8, 4) is 0 Å². The molecule has 4 rings (SSSR count). The highest BCUT2D eigenvalue weighted by atomic mass is 16.6. The molecule has 3 saturated heterocycles. The van der Waals surface area contributed by atoms with E-state index < -0.39 is 53.2 Å². The predicted molar refractivity (Wildman–Crippen MR) is 183 cm³/mol. The molecule has 10 nitrogen and oxygen atoms in total. The number of hydrogen-bond donors (Lipinski definition) is 2. The Morgan fingerprint density at radius 3 is 2.46 bits per heavy atom. The predicted octanol–water partition coefficient (Wildman–Crippen LogP) is 4.73. The van der Waals surface area contributed by atoms with E-state index in [1.807, 2.05) is 44.2 Å². The third kappa shape index (κ3) is 7.54. The lowest BCUT2D eigenvalue weighted by atomic mass is 9.70. The van der Waals surface area contributed by atoms with Crippen LogP contribution in [0, 0.1) is 17.3 Å². The summed E-state index contributed by atoms with van der Waals surface area (Å²) in [7, 11) is 0. The molecule has 264 valence electrons. The second-order valence-corrected chi connectivity index (χ2v) is 15.4. The largest absolute Gasteiger partial charge is 0.455 e. The number of aliphatic hydroxyl groups is 1. The van der Waals surface area contributed by atoms with Crippen molar-refractivity contribution in [3.05, 3.63) is 61.2 Å². The first-order valence-corrected chi connectivity index (χ1v) is 17.3. The van der Waals surface area contributed by atoms with Gasteiger partial charge >= 0.3 is 5.97 Å². The molecule has 3 aliphatic rings. The number of ether oxygens (including phenoxy) is 2. The molecule has 0 saturated carbocycles. The minimum absolute atomic E-state index is 0.0825. The van der Waals surface area contributed by atoms with E-state index in [0.717, 1.165) is 0 Å². The summed E-state index contributed by atoms with van der Waals surface area (Å²) < 4.78 is 12.9. The lowest BCUT2D eigenvalue weighted by molar-refractivity contribution is -0.162. The van der Waals surface area contributed by atoms with Gasteiger partial charge in [0.05, 0.1) is 24.0 Å². The highest BCUT2D eigenvalue weighted by Crippen LogP contribution is 2.59. The van der Waals surface area contributed by atoms with Gasteiger partial charge in [0.1, 0.15) is 17.7 Å². The number of amides is 3. The van der Waals surface area contributed by atoms with Crippen molar-refractivity contribution in [3.63, 3.8) is 0 Å². The van der Waals surface area contributed by atoms with Crippen LogP contribution in [0.2, 0.25) is 0 Å². The topological polar surface area (TPSA) is 125 Å². The number of aliphatic hydroxyl groups excluding tert-OH is 1. The summed E-state index contributed by atoms with van der Waals surface area (Å²) >= 11 is 0. The van der Waals surface area contributed by atoms with Crippen molar-refractivity contribution in [2.24, 2.45) is 17.3 Å². The van der Waals surface area contributed by atoms with Gasteiger partial charge in [-0.1, -0.05) is 63.3 Å². The maximum Gasteiger partial charge on any atom is 0.313 e. The number of allylic oxidation sites excluding steroid dienone is 1. The summed E-state index contributed by atoms with van der Waals surface area (Å²) in [6.45, 7) is 20.1. The van der Waals surface area contributed by atoms with E-state index in [1.165, 1.54) is 4.90 Å². The number of esters is 1. The SMILES string of the molecule is C=CCCC(=O)N[C@H](C)[C@@H](OC(=O)[C@@H]1[C@H]2C(=O)N(CCCO)[C@H](C(=O)N(CC=C)C(C)(C)CC(C)(C)C)[C@]23CC[C@H]1O3)c1ccccc1. The average molecular weight is 666 g/mol. The van der Waals surface area contributed by atoms with Crippen molar-refractivity contribution in [2.45, 2.75) is 115 Å². The van der Waals surface area contributed by atoms with Crippen molar-refractivity contribution in [1.29, 1.82) is 0 Å². The fourth-order valence-corrected chi connectivity index (χ4v) is 8.43. The first kappa shape index (κ1) is 37.3. The van der Waals surface area contributed by atoms with Gasteiger partial charge in [-0.3, -0.25) is 19.2 Å². The van der Waals surface area contributed by atoms with Crippen LogP contribution in [-0.2, 0) is 28.7 Å². The van der Waals surface area contributed by atoms with Crippen LogP contribution in [0.15, 0.2) is 55.6 Å². The van der Waals surface area contributed by atoms with Gasteiger partial charge in [0.2, 0.25) is 17.7 Å². The van der Waals surface area contributed by atoms with Crippen molar-refractivity contribution in [2.75, 3.05) is 19.7 Å². The molecule has 7 atom stereocenters. The first-order chi connectivity index (χ1) is 22.6. The van der Waals surface area contributed by atoms with Crippen LogP contribution in [-0.4, -0.2) is 87.6 Å². The third-order valence-corrected chi connectivity index (χ3v) is 9.92. The molecule has 3 heterocycles. The first-order valence-electron chi connectivity index (χ1n) is 17.3. The maximum absolute atomic E-state index is 14.8. The molecule has 2 bridgehead atoms. The summed E-state index contributed by atoms with van der Waals surface area (Å²) in [6.07, 6.45) is 4.67. The quantitative estimate of drug-likeness (QED) is 0.193. The van der Waals surface area contributed by atoms with Crippen LogP contribution >= 0.6 is 0 Å². The van der Waals surface area contributed by atoms with Gasteiger partial charge in [0.15, 0.2) is 0 Å². The van der Waals surface area contributed by atoms with E-state index in [2.05, 4.69) is 39.2 Å². The Kier molecular flexibility index (Phi) is 11.6. The zero-order chi connectivity index (χ0) is 35.4. The molecule has 0 unspecified atom stereocenters. The molecule has 1 aromatic rings. The minimum Gasteiger partial charge on any atom is -0.455 e. The highest BCUT2D eigenvalue weighted by molar-refractivity contribution is 5.98. The molecule has 3 fully saturated rings. The van der Waals surface area contributed by atoms with Crippen molar-refractivity contribution in [1.82, 2.24) is 15.1 Å². The lowest BCUT2D eigenvalue weighted by Gasteiger charge is -2.45. The van der Waals surface area contributed by atoms with Gasteiger partial charge in [0, 0.05) is 31.7 Å². The summed E-state index contributed by atoms with van der Waals surface area (Å²) in [5.41, 5.74) is -1.16. The van der Waals surface area contributed by atoms with Gasteiger partial charge in [-0.15, -0.1) is 13.2 Å². The number of nitrogens with one attached hydrogen (secondary N) is 1. The van der Waals surface area contributed by atoms with Gasteiger partial charge < -0.3 is 29.7 Å². The Labute approximate surface area is 285 Å². The number of carbonyl (C=O) groups is 4. The van der Waals surface area contributed by atoms with E-state index in [1.54, 1.807) is 24.0 Å². The molecule has 3 amide bonds. The zero-order valence-electron chi connectivity index (χ0n) is 29.6. The van der Waals surface area contributed by atoms with Gasteiger partial charge in [-0.05, 0) is 63.9 Å². The van der Waals surface area contributed by atoms with Crippen LogP contribution < -0.4 is 5.32 Å². The standard InChI is InChI=1S/C38H55N3O7/c1-9-11-18-28(43)39-25(3)31(26-16-13-12-14-17-26)47-35(46)29-27-19-20-38(48-27)30(29)33(44)40(22-15-23-42)32(38)34(45)41(21-10-2)37(7,8)24-36(4,5)6/h9-10,12-14,16-17,25,27,29-32,42H,1-2,11,15,18-24H2,3-8H3,(H,39,43)/t25-,27-,29+,30+,31-,32-,38+/m1/s1. The Bertz CT molecular complexity index is 1360. The molecule has 10 heteroatoms. The van der Waals surface area contributed by atoms with Gasteiger partial charge in [0.25, 0.3) is 0 Å². The zero-order valence-corrected chi connectivity index (χ0v) is 29.6. The molecular formula is C38H55N3O7. The van der Waals surface area contributed by atoms with Gasteiger partial charge in [-0.2, -0.15) is 0 Å². The van der Waals surface area contributed by atoms with Crippen molar-refractivity contribution >= 4 is 23.7 Å². The summed E-state index contributed by atoms with van der Waals surface area (Å²) in [6, 6.07) is 7.68. The molecule has 1 spiro atoms. The second-order valence-electron chi connectivity index (χ2n) is 15.4. The van der Waals surface area contributed by atoms with E-state index in [9.17, 15) is 24.3 Å². The van der Waals surface area contributed by atoms with E-state index in [-0.39, 0.29) is 55.7 Å². The number of benzene rings is 1. The summed E-state index contributed by atoms with van der Waals surface area (Å²) in [5, 5.41) is 12.7. The molecule has 48 heavy (non-hydrogen) atoms. The van der Waals surface area contributed by atoms with Crippen LogP contribution in [0.5, 0.6) is 0 Å². The van der Waals surface area contributed by atoms with Crippen LogP contribution in [0.25, 0.3) is 0 Å². The minimum atomic E-state index is -1.21.